The highest BCUT2D eigenvalue weighted by Gasteiger charge is 2.31. The van der Waals surface area contributed by atoms with Crippen molar-refractivity contribution >= 4 is 34.2 Å². The maximum atomic E-state index is 12.0. The maximum Gasteiger partial charge on any atom is 0.237 e. The lowest BCUT2D eigenvalue weighted by Gasteiger charge is -2.22. The maximum absolute atomic E-state index is 12.0. The molecule has 1 aromatic rings. The second-order valence-corrected chi connectivity index (χ2v) is 5.33. The lowest BCUT2D eigenvalue weighted by molar-refractivity contribution is -0.131. The van der Waals surface area contributed by atoms with E-state index in [9.17, 15) is 4.79 Å². The van der Waals surface area contributed by atoms with Gasteiger partial charge < -0.3 is 10.2 Å². The number of carbonyl (C=O) groups excluding carboxylic acids is 1. The van der Waals surface area contributed by atoms with Crippen LogP contribution in [0.25, 0.3) is 0 Å². The van der Waals surface area contributed by atoms with Gasteiger partial charge in [0.05, 0.1) is 6.54 Å². The molecule has 1 aliphatic carbocycles. The minimum Gasteiger partial charge on any atom is -0.334 e. The zero-order valence-electron chi connectivity index (χ0n) is 10.4. The molecule has 2 rings (SSSR count). The van der Waals surface area contributed by atoms with Crippen molar-refractivity contribution in [1.82, 2.24) is 10.2 Å². The highest BCUT2D eigenvalue weighted by atomic mass is 79.9. The molecule has 0 aromatic heterocycles. The van der Waals surface area contributed by atoms with Gasteiger partial charge in [-0.15, -0.1) is 12.4 Å². The Morgan fingerprint density at radius 2 is 2.22 bits per heavy atom. The third kappa shape index (κ3) is 4.26. The van der Waals surface area contributed by atoms with Crippen molar-refractivity contribution in [2.45, 2.75) is 25.4 Å². The quantitative estimate of drug-likeness (QED) is 0.898. The Balaban J connectivity index is 0.00000162. The number of nitrogens with one attached hydrogen (secondary N) is 1. The van der Waals surface area contributed by atoms with Gasteiger partial charge in [-0.1, -0.05) is 28.1 Å². The molecule has 0 saturated heterocycles. The van der Waals surface area contributed by atoms with Crippen molar-refractivity contribution < 1.29 is 4.79 Å². The predicted octanol–water partition coefficient (Wildman–Crippen LogP) is 2.58. The van der Waals surface area contributed by atoms with Crippen molar-refractivity contribution in [3.8, 4) is 0 Å². The van der Waals surface area contributed by atoms with E-state index in [1.165, 1.54) is 5.56 Å². The first-order valence-corrected chi connectivity index (χ1v) is 6.68. The molecule has 5 heteroatoms. The summed E-state index contributed by atoms with van der Waals surface area (Å²) in [7, 11) is 1.81. The SMILES string of the molecule is CNCC(=O)N(Cc1cccc(Br)c1)C1CC1.Cl. The van der Waals surface area contributed by atoms with E-state index in [-0.39, 0.29) is 18.3 Å². The monoisotopic (exact) mass is 332 g/mol. The molecule has 18 heavy (non-hydrogen) atoms. The fourth-order valence-corrected chi connectivity index (χ4v) is 2.34. The van der Waals surface area contributed by atoms with Crippen LogP contribution in [0.1, 0.15) is 18.4 Å². The summed E-state index contributed by atoms with van der Waals surface area (Å²) in [5.74, 6) is 0.190. The molecule has 1 amide bonds. The van der Waals surface area contributed by atoms with Crippen LogP contribution in [0.3, 0.4) is 0 Å². The fraction of sp³-hybridized carbons (Fsp3) is 0.462. The molecule has 0 bridgehead atoms. The average Bonchev–Trinajstić information content (AvgIpc) is 3.10. The van der Waals surface area contributed by atoms with E-state index in [0.29, 0.717) is 19.1 Å². The number of amides is 1. The van der Waals surface area contributed by atoms with E-state index in [1.54, 1.807) is 0 Å². The van der Waals surface area contributed by atoms with E-state index in [0.717, 1.165) is 17.3 Å². The number of hydrogen-bond acceptors (Lipinski definition) is 2. The summed E-state index contributed by atoms with van der Waals surface area (Å²) in [6, 6.07) is 8.59. The normalized spacial score (nSPS) is 13.9. The predicted molar refractivity (Wildman–Crippen MR) is 78.9 cm³/mol. The van der Waals surface area contributed by atoms with Crippen molar-refractivity contribution in [2.75, 3.05) is 13.6 Å². The molecule has 1 N–H and O–H groups in total. The Bertz CT molecular complexity index is 410. The molecular formula is C13H18BrClN2O. The van der Waals surface area contributed by atoms with Gasteiger partial charge in [0.2, 0.25) is 5.91 Å². The van der Waals surface area contributed by atoms with Gasteiger partial charge in [0.15, 0.2) is 0 Å². The summed E-state index contributed by atoms with van der Waals surface area (Å²) in [4.78, 5) is 14.0. The van der Waals surface area contributed by atoms with Crippen LogP contribution in [0.15, 0.2) is 28.7 Å². The first-order chi connectivity index (χ1) is 8.20. The fourth-order valence-electron chi connectivity index (χ4n) is 1.89. The van der Waals surface area contributed by atoms with E-state index in [1.807, 2.05) is 24.1 Å². The molecule has 0 aliphatic heterocycles. The van der Waals surface area contributed by atoms with Crippen molar-refractivity contribution in [1.29, 1.82) is 0 Å². The lowest BCUT2D eigenvalue weighted by Crippen LogP contribution is -2.38. The number of benzene rings is 1. The van der Waals surface area contributed by atoms with Gasteiger partial charge in [-0.3, -0.25) is 4.79 Å². The zero-order valence-corrected chi connectivity index (χ0v) is 12.8. The summed E-state index contributed by atoms with van der Waals surface area (Å²) in [5, 5.41) is 2.93. The molecule has 0 radical (unpaired) electrons. The first kappa shape index (κ1) is 15.5. The van der Waals surface area contributed by atoms with Gasteiger partial charge in [0, 0.05) is 17.1 Å². The Hall–Kier alpha value is -0.580. The summed E-state index contributed by atoms with van der Waals surface area (Å²) in [6.45, 7) is 1.13. The van der Waals surface area contributed by atoms with E-state index in [2.05, 4.69) is 33.4 Å². The van der Waals surface area contributed by atoms with Crippen LogP contribution in [0.5, 0.6) is 0 Å². The largest absolute Gasteiger partial charge is 0.334 e. The Labute approximate surface area is 122 Å². The van der Waals surface area contributed by atoms with Crippen molar-refractivity contribution in [2.24, 2.45) is 0 Å². The molecule has 3 nitrogen and oxygen atoms in total. The van der Waals surface area contributed by atoms with Crippen LogP contribution in [0.2, 0.25) is 0 Å². The summed E-state index contributed by atoms with van der Waals surface area (Å²) >= 11 is 3.46. The van der Waals surface area contributed by atoms with Gasteiger partial charge in [-0.2, -0.15) is 0 Å². The van der Waals surface area contributed by atoms with E-state index >= 15 is 0 Å². The molecule has 1 aromatic carbocycles. The van der Waals surface area contributed by atoms with E-state index in [4.69, 9.17) is 0 Å². The first-order valence-electron chi connectivity index (χ1n) is 5.89. The third-order valence-electron chi connectivity index (χ3n) is 2.88. The molecule has 1 fully saturated rings. The smallest absolute Gasteiger partial charge is 0.237 e. The standard InChI is InChI=1S/C13H17BrN2O.ClH/c1-15-8-13(17)16(12-5-6-12)9-10-3-2-4-11(14)7-10;/h2-4,7,12,15H,5-6,8-9H2,1H3;1H. The molecule has 1 aliphatic rings. The summed E-state index contributed by atoms with van der Waals surface area (Å²) < 4.78 is 1.06. The molecule has 0 atom stereocenters. The van der Waals surface area contributed by atoms with Crippen LogP contribution >= 0.6 is 28.3 Å². The van der Waals surface area contributed by atoms with Crippen LogP contribution in [0.4, 0.5) is 0 Å². The van der Waals surface area contributed by atoms with Gasteiger partial charge in [0.25, 0.3) is 0 Å². The molecule has 0 unspecified atom stereocenters. The number of likely N-dealkylation sites (N-methyl/N-ethyl adjacent to an activating group) is 1. The van der Waals surface area contributed by atoms with Gasteiger partial charge in [0.1, 0.15) is 0 Å². The van der Waals surface area contributed by atoms with Crippen LogP contribution in [-0.4, -0.2) is 30.4 Å². The highest BCUT2D eigenvalue weighted by molar-refractivity contribution is 9.10. The molecular weight excluding hydrogens is 316 g/mol. The Morgan fingerprint density at radius 1 is 1.50 bits per heavy atom. The van der Waals surface area contributed by atoms with Gasteiger partial charge in [-0.25, -0.2) is 0 Å². The van der Waals surface area contributed by atoms with Gasteiger partial charge >= 0.3 is 0 Å². The molecule has 0 heterocycles. The van der Waals surface area contributed by atoms with Crippen molar-refractivity contribution in [3.05, 3.63) is 34.3 Å². The minimum atomic E-state index is 0. The second-order valence-electron chi connectivity index (χ2n) is 4.41. The van der Waals surface area contributed by atoms with Crippen molar-refractivity contribution in [3.63, 3.8) is 0 Å². The van der Waals surface area contributed by atoms with Crippen LogP contribution < -0.4 is 5.32 Å². The summed E-state index contributed by atoms with van der Waals surface area (Å²) in [6.07, 6.45) is 2.28. The zero-order chi connectivity index (χ0) is 12.3. The molecule has 0 spiro atoms. The second kappa shape index (κ2) is 7.12. The van der Waals surface area contributed by atoms with Crippen LogP contribution in [0, 0.1) is 0 Å². The Kier molecular flexibility index (Phi) is 6.12. The number of rotatable bonds is 5. The van der Waals surface area contributed by atoms with E-state index < -0.39 is 0 Å². The highest BCUT2D eigenvalue weighted by Crippen LogP contribution is 2.28. The minimum absolute atomic E-state index is 0. The van der Waals surface area contributed by atoms with Crippen LogP contribution in [-0.2, 0) is 11.3 Å². The number of nitrogens with zero attached hydrogens (tertiary/aromatic N) is 1. The number of carbonyl (C=O) groups is 1. The lowest BCUT2D eigenvalue weighted by atomic mass is 10.2. The number of hydrogen-bond donors (Lipinski definition) is 1. The Morgan fingerprint density at radius 3 is 2.78 bits per heavy atom. The average molecular weight is 334 g/mol. The topological polar surface area (TPSA) is 32.3 Å². The third-order valence-corrected chi connectivity index (χ3v) is 3.37. The molecule has 100 valence electrons. The molecule has 1 saturated carbocycles. The van der Waals surface area contributed by atoms with Gasteiger partial charge in [-0.05, 0) is 37.6 Å². The summed E-state index contributed by atoms with van der Waals surface area (Å²) in [5.41, 5.74) is 1.18. The number of halogens is 2.